The highest BCUT2D eigenvalue weighted by Crippen LogP contribution is 2.17. The fraction of sp³-hybridized carbons (Fsp3) is 0.667. The van der Waals surface area contributed by atoms with E-state index in [0.29, 0.717) is 11.7 Å². The first-order valence-corrected chi connectivity index (χ1v) is 8.50. The van der Waals surface area contributed by atoms with Gasteiger partial charge in [0.15, 0.2) is 5.13 Å². The molecule has 0 aliphatic heterocycles. The Morgan fingerprint density at radius 2 is 2.13 bits per heavy atom. The Bertz CT molecular complexity index is 499. The van der Waals surface area contributed by atoms with E-state index in [0.717, 1.165) is 19.3 Å². The Balaban J connectivity index is 2.60. The third-order valence-electron chi connectivity index (χ3n) is 3.11. The summed E-state index contributed by atoms with van der Waals surface area (Å²) in [7, 11) is 0. The fourth-order valence-corrected chi connectivity index (χ4v) is 2.42. The van der Waals surface area contributed by atoms with Gasteiger partial charge in [0.1, 0.15) is 0 Å². The van der Waals surface area contributed by atoms with Crippen LogP contribution >= 0.6 is 11.3 Å². The molecule has 2 amide bonds. The molecule has 0 aliphatic carbocycles. The predicted octanol–water partition coefficient (Wildman–Crippen LogP) is 2.83. The van der Waals surface area contributed by atoms with Crippen LogP contribution in [0.1, 0.15) is 47.0 Å². The molecule has 0 saturated heterocycles. The Labute approximate surface area is 140 Å². The standard InChI is InChI=1S/C15H25N3O4S/c1-5-6-7-9-18(15(2,3)4)14(21)22-12(20)11(19)17-13-16-8-10-23-13/h8,10,12,20H,5-7,9H2,1-4H3,(H,16,17,19)/t12-/m0/s1. The minimum absolute atomic E-state index is 0.334. The molecule has 0 spiro atoms. The summed E-state index contributed by atoms with van der Waals surface area (Å²) >= 11 is 1.21. The third-order valence-corrected chi connectivity index (χ3v) is 3.80. The molecule has 0 bridgehead atoms. The second-order valence-electron chi connectivity index (χ2n) is 6.09. The highest BCUT2D eigenvalue weighted by atomic mass is 32.1. The van der Waals surface area contributed by atoms with Crippen molar-refractivity contribution in [1.29, 1.82) is 0 Å². The number of hydrogen-bond acceptors (Lipinski definition) is 6. The van der Waals surface area contributed by atoms with Crippen LogP contribution in [0, 0.1) is 0 Å². The van der Waals surface area contributed by atoms with Crippen molar-refractivity contribution in [2.24, 2.45) is 0 Å². The molecule has 1 aromatic rings. The molecule has 1 rings (SSSR count). The lowest BCUT2D eigenvalue weighted by Crippen LogP contribution is -2.48. The summed E-state index contributed by atoms with van der Waals surface area (Å²) < 4.78 is 4.89. The predicted molar refractivity (Wildman–Crippen MR) is 89.2 cm³/mol. The number of nitrogens with one attached hydrogen (secondary N) is 1. The van der Waals surface area contributed by atoms with E-state index in [-0.39, 0.29) is 0 Å². The molecule has 2 N–H and O–H groups in total. The number of anilines is 1. The van der Waals surface area contributed by atoms with Gasteiger partial charge in [-0.05, 0) is 27.2 Å². The highest BCUT2D eigenvalue weighted by Gasteiger charge is 2.30. The largest absolute Gasteiger partial charge is 0.412 e. The van der Waals surface area contributed by atoms with Crippen molar-refractivity contribution < 1.29 is 19.4 Å². The lowest BCUT2D eigenvalue weighted by molar-refractivity contribution is -0.144. The average molecular weight is 343 g/mol. The van der Waals surface area contributed by atoms with Gasteiger partial charge in [-0.3, -0.25) is 10.1 Å². The number of ether oxygens (including phenoxy) is 1. The molecule has 0 aromatic carbocycles. The van der Waals surface area contributed by atoms with Crippen molar-refractivity contribution in [3.8, 4) is 0 Å². The van der Waals surface area contributed by atoms with E-state index >= 15 is 0 Å². The number of aromatic nitrogens is 1. The lowest BCUT2D eigenvalue weighted by Gasteiger charge is -2.35. The van der Waals surface area contributed by atoms with Gasteiger partial charge in [0.2, 0.25) is 0 Å². The van der Waals surface area contributed by atoms with Crippen molar-refractivity contribution in [2.45, 2.75) is 58.8 Å². The van der Waals surface area contributed by atoms with E-state index in [4.69, 9.17) is 4.74 Å². The summed E-state index contributed by atoms with van der Waals surface area (Å²) in [5.41, 5.74) is -0.462. The molecule has 0 saturated carbocycles. The molecule has 0 fully saturated rings. The van der Waals surface area contributed by atoms with Crippen molar-refractivity contribution in [2.75, 3.05) is 11.9 Å². The number of rotatable bonds is 7. The molecule has 8 heteroatoms. The number of amides is 2. The van der Waals surface area contributed by atoms with Gasteiger partial charge in [-0.25, -0.2) is 9.78 Å². The maximum Gasteiger partial charge on any atom is 0.412 e. The van der Waals surface area contributed by atoms with E-state index in [1.807, 2.05) is 20.8 Å². The maximum atomic E-state index is 12.3. The van der Waals surface area contributed by atoms with Crippen LogP contribution in [0.2, 0.25) is 0 Å². The van der Waals surface area contributed by atoms with Crippen LogP contribution in [0.25, 0.3) is 0 Å². The molecular weight excluding hydrogens is 318 g/mol. The number of unbranched alkanes of at least 4 members (excludes halogenated alkanes) is 2. The molecular formula is C15H25N3O4S. The summed E-state index contributed by atoms with van der Waals surface area (Å²) in [5, 5.41) is 14.2. The number of carbonyl (C=O) groups excluding carboxylic acids is 2. The number of hydrogen-bond donors (Lipinski definition) is 2. The van der Waals surface area contributed by atoms with Gasteiger partial charge >= 0.3 is 6.09 Å². The molecule has 130 valence electrons. The highest BCUT2D eigenvalue weighted by molar-refractivity contribution is 7.13. The van der Waals surface area contributed by atoms with Gasteiger partial charge in [-0.1, -0.05) is 19.8 Å². The monoisotopic (exact) mass is 343 g/mol. The van der Waals surface area contributed by atoms with E-state index in [1.165, 1.54) is 22.4 Å². The zero-order valence-corrected chi connectivity index (χ0v) is 14.9. The van der Waals surface area contributed by atoms with Gasteiger partial charge in [0.05, 0.1) is 0 Å². The smallest absolute Gasteiger partial charge is 0.410 e. The Hall–Kier alpha value is -1.67. The average Bonchev–Trinajstić information content (AvgIpc) is 2.94. The second-order valence-corrected chi connectivity index (χ2v) is 6.99. The Kier molecular flexibility index (Phi) is 7.44. The van der Waals surface area contributed by atoms with Crippen LogP contribution in [-0.4, -0.2) is 45.4 Å². The van der Waals surface area contributed by atoms with E-state index < -0.39 is 23.8 Å². The van der Waals surface area contributed by atoms with Crippen molar-refractivity contribution in [3.05, 3.63) is 11.6 Å². The van der Waals surface area contributed by atoms with Crippen molar-refractivity contribution >= 4 is 28.5 Å². The number of aliphatic hydroxyl groups is 1. The van der Waals surface area contributed by atoms with Crippen molar-refractivity contribution in [3.63, 3.8) is 0 Å². The Morgan fingerprint density at radius 1 is 1.43 bits per heavy atom. The number of aliphatic hydroxyl groups excluding tert-OH is 1. The van der Waals surface area contributed by atoms with Crippen LogP contribution < -0.4 is 5.32 Å². The van der Waals surface area contributed by atoms with Crippen LogP contribution in [0.5, 0.6) is 0 Å². The minimum atomic E-state index is -1.87. The second kappa shape index (κ2) is 8.83. The van der Waals surface area contributed by atoms with E-state index in [9.17, 15) is 14.7 Å². The zero-order chi connectivity index (χ0) is 17.5. The molecule has 1 atom stereocenters. The van der Waals surface area contributed by atoms with Crippen LogP contribution in [0.4, 0.5) is 9.93 Å². The SMILES string of the molecule is CCCCCN(C(=O)O[C@H](O)C(=O)Nc1nccs1)C(C)(C)C. The topological polar surface area (TPSA) is 91.8 Å². The molecule has 7 nitrogen and oxygen atoms in total. The first-order chi connectivity index (χ1) is 10.8. The maximum absolute atomic E-state index is 12.3. The molecule has 1 heterocycles. The molecule has 1 aromatic heterocycles. The van der Waals surface area contributed by atoms with Gasteiger partial charge in [0.25, 0.3) is 12.2 Å². The lowest BCUT2D eigenvalue weighted by atomic mass is 10.1. The summed E-state index contributed by atoms with van der Waals surface area (Å²) in [6.45, 7) is 8.22. The van der Waals surface area contributed by atoms with Gasteiger partial charge in [0, 0.05) is 23.7 Å². The van der Waals surface area contributed by atoms with E-state index in [2.05, 4.69) is 17.2 Å². The number of thiazole rings is 1. The van der Waals surface area contributed by atoms with Crippen LogP contribution in [0.3, 0.4) is 0 Å². The summed E-state index contributed by atoms with van der Waals surface area (Å²) in [4.78, 5) is 29.4. The summed E-state index contributed by atoms with van der Waals surface area (Å²) in [6, 6.07) is 0. The Morgan fingerprint density at radius 3 is 2.65 bits per heavy atom. The summed E-state index contributed by atoms with van der Waals surface area (Å²) in [5.74, 6) is -0.823. The first-order valence-electron chi connectivity index (χ1n) is 7.62. The molecule has 23 heavy (non-hydrogen) atoms. The molecule has 0 aliphatic rings. The van der Waals surface area contributed by atoms with Gasteiger partial charge < -0.3 is 14.7 Å². The first kappa shape index (κ1) is 19.4. The minimum Gasteiger partial charge on any atom is -0.410 e. The third kappa shape index (κ3) is 6.54. The fourth-order valence-electron chi connectivity index (χ4n) is 1.89. The normalized spacial score (nSPS) is 12.6. The number of carbonyl (C=O) groups is 2. The molecule has 0 radical (unpaired) electrons. The molecule has 0 unspecified atom stereocenters. The van der Waals surface area contributed by atoms with Crippen molar-refractivity contribution in [1.82, 2.24) is 9.88 Å². The van der Waals surface area contributed by atoms with Crippen LogP contribution in [0.15, 0.2) is 11.6 Å². The van der Waals surface area contributed by atoms with Crippen LogP contribution in [-0.2, 0) is 9.53 Å². The number of nitrogens with zero attached hydrogens (tertiary/aromatic N) is 2. The zero-order valence-electron chi connectivity index (χ0n) is 14.0. The van der Waals surface area contributed by atoms with Gasteiger partial charge in [-0.15, -0.1) is 11.3 Å². The quantitative estimate of drug-likeness (QED) is 0.587. The summed E-state index contributed by atoms with van der Waals surface area (Å²) in [6.07, 6.45) is 1.80. The van der Waals surface area contributed by atoms with E-state index in [1.54, 1.807) is 5.38 Å². The van der Waals surface area contributed by atoms with Gasteiger partial charge in [-0.2, -0.15) is 0 Å².